The van der Waals surface area contributed by atoms with Gasteiger partial charge in [0.1, 0.15) is 44.7 Å². The predicted octanol–water partition coefficient (Wildman–Crippen LogP) is 36.5. The van der Waals surface area contributed by atoms with Crippen LogP contribution < -0.4 is 0 Å². The number of fused-ring (bicyclic) bond motifs is 18. The molecule has 0 atom stereocenters. The van der Waals surface area contributed by atoms with Crippen molar-refractivity contribution in [1.29, 1.82) is 0 Å². The van der Waals surface area contributed by atoms with Crippen LogP contribution in [0.15, 0.2) is 497 Å². The van der Waals surface area contributed by atoms with Crippen molar-refractivity contribution in [1.82, 2.24) is 34.9 Å². The van der Waals surface area contributed by atoms with E-state index in [2.05, 4.69) is 376 Å². The summed E-state index contributed by atoms with van der Waals surface area (Å²) in [6, 6.07) is 166. The average molecular weight is 1880 g/mol. The van der Waals surface area contributed by atoms with Crippen LogP contribution in [-0.2, 0) is 0 Å². The van der Waals surface area contributed by atoms with Crippen molar-refractivity contribution in [2.45, 2.75) is 0 Å². The maximum Gasteiger partial charge on any atom is 0.164 e. The first kappa shape index (κ1) is 84.5. The first-order chi connectivity index (χ1) is 71.2. The second kappa shape index (κ2) is 35.9. The van der Waals surface area contributed by atoms with Gasteiger partial charge in [-0.1, -0.05) is 340 Å². The first-order valence-electron chi connectivity index (χ1n) is 48.0. The van der Waals surface area contributed by atoms with Crippen LogP contribution in [0.2, 0.25) is 0 Å². The smallest absolute Gasteiger partial charge is 0.164 e. The van der Waals surface area contributed by atoms with E-state index >= 15 is 0 Å². The molecule has 0 radical (unpaired) electrons. The molecule has 13 heteroatoms. The lowest BCUT2D eigenvalue weighted by molar-refractivity contribution is 0.668. The van der Waals surface area contributed by atoms with Crippen LogP contribution in [0.25, 0.3) is 286 Å². The minimum Gasteiger partial charge on any atom is -0.456 e. The summed E-state index contributed by atoms with van der Waals surface area (Å²) in [6.07, 6.45) is 0. The Bertz CT molecular complexity index is 9610. The van der Waals surface area contributed by atoms with E-state index in [-0.39, 0.29) is 0 Å². The van der Waals surface area contributed by atoms with Crippen LogP contribution in [-0.4, -0.2) is 34.9 Å². The molecule has 9 heterocycles. The van der Waals surface area contributed by atoms with Gasteiger partial charge in [-0.05, 0) is 195 Å². The lowest BCUT2D eigenvalue weighted by Gasteiger charge is -2.13. The Balaban J connectivity index is 0.000000108. The topological polar surface area (TPSA) is 143 Å². The SMILES string of the molecule is c1ccc(-c2cc(-c3ccccc3)cc(-c3nc(-c4ccc5c(c4)oc4ccccc45)cc(-c4ccc5c(c4)oc4ccccc45)n3)c2)cc1.c1ccc(-c2ccc(-c3cccc(-c4cc(-c5ccc6c(c5)oc5ccccc56)nc(-c5ccc6c(c5)oc5ccccc56)n4)c3)cc2)cc1.c1ccc(-c2cccc(-c3nc(-c4ccc5c(c4)sc4ccccc45)nc(-c4ccc5c(c4)sc4ccccc45)n3)c2)cc1. The van der Waals surface area contributed by atoms with Crippen molar-refractivity contribution >= 4 is 151 Å². The highest BCUT2D eigenvalue weighted by atomic mass is 32.1. The van der Waals surface area contributed by atoms with Crippen molar-refractivity contribution in [3.8, 4) is 158 Å². The van der Waals surface area contributed by atoms with Gasteiger partial charge in [-0.15, -0.1) is 22.7 Å². The summed E-state index contributed by atoms with van der Waals surface area (Å²) in [5.74, 6) is 3.27. The summed E-state index contributed by atoms with van der Waals surface area (Å²) in [7, 11) is 0. The molecule has 0 bridgehead atoms. The van der Waals surface area contributed by atoms with E-state index in [0.29, 0.717) is 29.1 Å². The summed E-state index contributed by atoms with van der Waals surface area (Å²) in [5, 5.41) is 13.8. The molecule has 11 nitrogen and oxygen atoms in total. The zero-order chi connectivity index (χ0) is 95.1. The Hall–Kier alpha value is -18.8. The summed E-state index contributed by atoms with van der Waals surface area (Å²) < 4.78 is 30.1. The largest absolute Gasteiger partial charge is 0.456 e. The number of hydrogen-bond acceptors (Lipinski definition) is 13. The molecule has 0 N–H and O–H groups in total. The van der Waals surface area contributed by atoms with Gasteiger partial charge in [0.15, 0.2) is 29.1 Å². The fraction of sp³-hybridized carbons (Fsp3) is 0. The van der Waals surface area contributed by atoms with Gasteiger partial charge in [0.25, 0.3) is 0 Å². The molecule has 0 saturated heterocycles. The van der Waals surface area contributed by atoms with Gasteiger partial charge in [-0.3, -0.25) is 0 Å². The molecule has 674 valence electrons. The fourth-order valence-corrected chi connectivity index (χ4v) is 22.2. The molecule has 0 fully saturated rings. The second-order valence-corrected chi connectivity index (χ2v) is 38.3. The predicted molar refractivity (Wildman–Crippen MR) is 595 cm³/mol. The maximum absolute atomic E-state index is 6.29. The quantitative estimate of drug-likeness (QED) is 0.103. The fourth-order valence-electron chi connectivity index (χ4n) is 19.9. The molecule has 0 amide bonds. The molecule has 20 aromatic carbocycles. The van der Waals surface area contributed by atoms with Gasteiger partial charge in [-0.25, -0.2) is 34.9 Å². The number of nitrogens with zero attached hydrogens (tertiary/aromatic N) is 7. The van der Waals surface area contributed by atoms with Crippen molar-refractivity contribution in [3.05, 3.63) is 479 Å². The zero-order valence-electron chi connectivity index (χ0n) is 77.2. The van der Waals surface area contributed by atoms with Gasteiger partial charge >= 0.3 is 0 Å². The molecule has 0 spiro atoms. The molecule has 9 aromatic heterocycles. The zero-order valence-corrected chi connectivity index (χ0v) is 78.8. The van der Waals surface area contributed by atoms with E-state index in [1.165, 1.54) is 51.5 Å². The van der Waals surface area contributed by atoms with Gasteiger partial charge in [-0.2, -0.15) is 0 Å². The van der Waals surface area contributed by atoms with E-state index in [1.54, 1.807) is 22.7 Å². The number of rotatable bonds is 14. The molecule has 0 aliphatic carbocycles. The van der Waals surface area contributed by atoms with Crippen LogP contribution in [0.1, 0.15) is 0 Å². The third-order valence-electron chi connectivity index (χ3n) is 27.1. The van der Waals surface area contributed by atoms with Crippen LogP contribution in [0, 0.1) is 0 Å². The van der Waals surface area contributed by atoms with Gasteiger partial charge < -0.3 is 17.7 Å². The third kappa shape index (κ3) is 16.0. The van der Waals surface area contributed by atoms with E-state index in [0.717, 1.165) is 205 Å². The average Bonchev–Trinajstić information content (AvgIpc) is 1.60. The molecule has 29 rings (SSSR count). The lowest BCUT2D eigenvalue weighted by Crippen LogP contribution is -2.00. The molecule has 0 unspecified atom stereocenters. The summed E-state index contributed by atoms with van der Waals surface area (Å²) in [4.78, 5) is 36.1. The minimum atomic E-state index is 0.627. The van der Waals surface area contributed by atoms with Crippen molar-refractivity contribution in [2.75, 3.05) is 0 Å². The third-order valence-corrected chi connectivity index (χ3v) is 29.4. The Morgan fingerprint density at radius 1 is 0.118 bits per heavy atom. The Morgan fingerprint density at radius 2 is 0.333 bits per heavy atom. The number of para-hydroxylation sites is 4. The van der Waals surface area contributed by atoms with Crippen LogP contribution in [0.4, 0.5) is 0 Å². The molecule has 0 aliphatic rings. The van der Waals surface area contributed by atoms with E-state index < -0.39 is 0 Å². The van der Waals surface area contributed by atoms with Crippen molar-refractivity contribution < 1.29 is 17.7 Å². The van der Waals surface area contributed by atoms with E-state index in [4.69, 9.17) is 52.6 Å². The number of aromatic nitrogens is 7. The standard InChI is InChI=1S/2C46H28N2O2.C39H23N3S2/c1-3-11-29(12-4-1)33-23-34(30-13-5-2-6-14-30)25-35(24-33)46-47-40(31-19-21-38-36-15-7-9-17-42(36)49-44(38)26-31)28-41(48-46)32-20-22-39-37-16-8-10-18-43(37)50-45(39)27-32;1-2-9-29(10-3-1)30-17-19-31(20-18-30)32-11-8-12-33(25-32)40-28-41(34-21-23-38-36-13-4-6-15-42(36)49-44(38)26-34)48-46(47-40)35-22-24-39-37-14-5-7-16-43(37)50-45(39)27-35;1-2-9-24(10-3-1)25-11-8-12-26(21-25)37-40-38(27-17-19-31-29-13-4-6-15-33(29)43-35(31)22-27)42-39(41-37)28-18-20-32-30-14-5-7-16-34(30)44-36(32)23-28/h2*1-28H;1-23H. The molecular formula is C131H79N7O4S2. The van der Waals surface area contributed by atoms with Gasteiger partial charge in [0.2, 0.25) is 0 Å². The highest BCUT2D eigenvalue weighted by molar-refractivity contribution is 7.26. The van der Waals surface area contributed by atoms with Gasteiger partial charge in [0, 0.05) is 134 Å². The maximum atomic E-state index is 6.29. The minimum absolute atomic E-state index is 0.627. The molecule has 29 aromatic rings. The molecule has 0 aliphatic heterocycles. The van der Waals surface area contributed by atoms with Crippen LogP contribution in [0.5, 0.6) is 0 Å². The number of furan rings is 4. The monoisotopic (exact) mass is 1880 g/mol. The van der Waals surface area contributed by atoms with Crippen LogP contribution >= 0.6 is 22.7 Å². The number of benzene rings is 20. The summed E-state index contributed by atoms with van der Waals surface area (Å²) >= 11 is 3.61. The van der Waals surface area contributed by atoms with Crippen LogP contribution in [0.3, 0.4) is 0 Å². The Kier molecular flexibility index (Phi) is 21.1. The second-order valence-electron chi connectivity index (χ2n) is 36.1. The summed E-state index contributed by atoms with van der Waals surface area (Å²) in [5.41, 5.74) is 30.1. The highest BCUT2D eigenvalue weighted by Gasteiger charge is 2.23. The lowest BCUT2D eigenvalue weighted by atomic mass is 9.95. The van der Waals surface area contributed by atoms with E-state index in [9.17, 15) is 0 Å². The molecule has 144 heavy (non-hydrogen) atoms. The Labute approximate surface area is 834 Å². The van der Waals surface area contributed by atoms with Crippen molar-refractivity contribution in [3.63, 3.8) is 0 Å². The first-order valence-corrected chi connectivity index (χ1v) is 49.6. The normalized spacial score (nSPS) is 11.6. The van der Waals surface area contributed by atoms with E-state index in [1.807, 2.05) is 103 Å². The number of hydrogen-bond donors (Lipinski definition) is 0. The molecular weight excluding hydrogens is 1800 g/mol. The number of thiophene rings is 2. The Morgan fingerprint density at radius 3 is 0.722 bits per heavy atom. The van der Waals surface area contributed by atoms with Crippen molar-refractivity contribution in [2.24, 2.45) is 0 Å². The highest BCUT2D eigenvalue weighted by Crippen LogP contribution is 2.45. The van der Waals surface area contributed by atoms with Gasteiger partial charge in [0.05, 0.1) is 22.8 Å². The summed E-state index contributed by atoms with van der Waals surface area (Å²) in [6.45, 7) is 0. The molecule has 0 saturated carbocycles.